The number of carbonyl (C=O) groups excluding carboxylic acids is 3. The van der Waals surface area contributed by atoms with Crippen LogP contribution in [0.3, 0.4) is 0 Å². The summed E-state index contributed by atoms with van der Waals surface area (Å²) >= 11 is 0. The number of benzene rings is 1. The van der Waals surface area contributed by atoms with Gasteiger partial charge in [-0.25, -0.2) is 9.37 Å². The highest BCUT2D eigenvalue weighted by molar-refractivity contribution is 6.06. The van der Waals surface area contributed by atoms with Gasteiger partial charge in [0, 0.05) is 17.4 Å². The van der Waals surface area contributed by atoms with Gasteiger partial charge in [-0.3, -0.25) is 24.2 Å². The molecule has 0 spiro atoms. The van der Waals surface area contributed by atoms with Crippen LogP contribution in [-0.4, -0.2) is 76.5 Å². The third-order valence-corrected chi connectivity index (χ3v) is 6.82. The Morgan fingerprint density at radius 2 is 2.02 bits per heavy atom. The number of carbonyl (C=O) groups is 3. The van der Waals surface area contributed by atoms with Crippen LogP contribution in [0.5, 0.6) is 0 Å². The quantitative estimate of drug-likeness (QED) is 0.277. The Hall–Kier alpha value is -5.78. The molecule has 1 saturated heterocycles. The number of nitriles is 1. The second kappa shape index (κ2) is 10.1. The Bertz CT molecular complexity index is 1880. The van der Waals surface area contributed by atoms with Crippen LogP contribution in [0.1, 0.15) is 22.6 Å². The minimum absolute atomic E-state index is 0.0367. The Labute approximate surface area is 230 Å². The van der Waals surface area contributed by atoms with Gasteiger partial charge in [-0.15, -0.1) is 0 Å². The maximum atomic E-state index is 14.5. The van der Waals surface area contributed by atoms with Crippen LogP contribution in [0, 0.1) is 11.3 Å². The number of hydrogen-bond donors (Lipinski definition) is 3. The molecule has 2 unspecified atom stereocenters. The first kappa shape index (κ1) is 25.5. The van der Waals surface area contributed by atoms with Crippen molar-refractivity contribution < 1.29 is 18.8 Å². The Morgan fingerprint density at radius 3 is 2.78 bits per heavy atom. The number of nitrogens with one attached hydrogen (secondary N) is 2. The lowest BCUT2D eigenvalue weighted by molar-refractivity contribution is -0.137. The van der Waals surface area contributed by atoms with Gasteiger partial charge < -0.3 is 16.0 Å². The summed E-state index contributed by atoms with van der Waals surface area (Å²) < 4.78 is 15.9. The third-order valence-electron chi connectivity index (χ3n) is 6.82. The smallest absolute Gasteiger partial charge is 0.269 e. The molecular formula is C26H20FN11O3. The van der Waals surface area contributed by atoms with Crippen LogP contribution in [0.2, 0.25) is 0 Å². The number of nitrogens with zero attached hydrogens (tertiary/aromatic N) is 8. The molecule has 1 fully saturated rings. The first-order valence-electron chi connectivity index (χ1n) is 12.4. The zero-order valence-corrected chi connectivity index (χ0v) is 21.2. The molecule has 3 amide bonds. The third kappa shape index (κ3) is 4.67. The van der Waals surface area contributed by atoms with Crippen LogP contribution in [0.15, 0.2) is 48.8 Å². The lowest BCUT2D eigenvalue weighted by Gasteiger charge is -2.23. The highest BCUT2D eigenvalue weighted by atomic mass is 19.1. The molecule has 2 atom stereocenters. The summed E-state index contributed by atoms with van der Waals surface area (Å²) in [5, 5.41) is 30.8. The summed E-state index contributed by atoms with van der Waals surface area (Å²) in [6.45, 7) is -0.662. The number of aromatic amines is 1. The van der Waals surface area contributed by atoms with Gasteiger partial charge in [-0.05, 0) is 35.9 Å². The molecule has 41 heavy (non-hydrogen) atoms. The maximum Gasteiger partial charge on any atom is 0.269 e. The fraction of sp³-hybridized carbons (Fsp3) is 0.192. The molecule has 0 bridgehead atoms. The number of H-pyrrole nitrogens is 1. The molecule has 1 aliphatic heterocycles. The van der Waals surface area contributed by atoms with Gasteiger partial charge in [0.15, 0.2) is 11.5 Å². The minimum atomic E-state index is -1.43. The fourth-order valence-corrected chi connectivity index (χ4v) is 4.90. The number of nitrogens with two attached hydrogens (primary N) is 1. The number of rotatable bonds is 6. The number of fused-ring (bicyclic) bond motifs is 2. The molecule has 0 aliphatic carbocycles. The number of anilines is 1. The molecule has 1 aliphatic rings. The van der Waals surface area contributed by atoms with Gasteiger partial charge in [0.05, 0.1) is 30.0 Å². The molecule has 0 radical (unpaired) electrons. The van der Waals surface area contributed by atoms with E-state index in [9.17, 15) is 18.8 Å². The summed E-state index contributed by atoms with van der Waals surface area (Å²) in [6.07, 6.45) is 1.45. The highest BCUT2D eigenvalue weighted by Gasteiger charge is 2.40. The highest BCUT2D eigenvalue weighted by Crippen LogP contribution is 2.28. The van der Waals surface area contributed by atoms with Crippen LogP contribution in [0.25, 0.3) is 33.1 Å². The van der Waals surface area contributed by atoms with Crippen LogP contribution in [0.4, 0.5) is 10.2 Å². The standard InChI is InChI=1S/C26H20FN11O3/c27-15-8-20(26(41)33-25-23-18(34-35-25)3-2-16(9-28)32-23)37(11-15)21(39)12-38-19-4-1-13(14-5-6-30-31-10-14)7-17(19)22(36-38)24(29)40/h1-7,10,15,20H,8,11-12H2,(H2,29,40)(H2,33,34,35,41). The molecule has 4 aromatic heterocycles. The summed E-state index contributed by atoms with van der Waals surface area (Å²) in [6, 6.07) is 10.8. The molecule has 204 valence electrons. The van der Waals surface area contributed by atoms with Crippen molar-refractivity contribution >= 4 is 45.5 Å². The Balaban J connectivity index is 1.26. The second-order valence-electron chi connectivity index (χ2n) is 9.39. The van der Waals surface area contributed by atoms with Crippen molar-refractivity contribution in [1.29, 1.82) is 5.26 Å². The van der Waals surface area contributed by atoms with E-state index in [-0.39, 0.29) is 42.2 Å². The van der Waals surface area contributed by atoms with Crippen molar-refractivity contribution in [3.05, 3.63) is 60.2 Å². The van der Waals surface area contributed by atoms with Crippen molar-refractivity contribution in [3.8, 4) is 17.2 Å². The van der Waals surface area contributed by atoms with E-state index in [4.69, 9.17) is 11.0 Å². The Morgan fingerprint density at radius 1 is 1.17 bits per heavy atom. The molecule has 6 rings (SSSR count). The lowest BCUT2D eigenvalue weighted by atomic mass is 10.0. The van der Waals surface area contributed by atoms with E-state index in [0.717, 1.165) is 16.0 Å². The number of alkyl halides is 1. The summed E-state index contributed by atoms with van der Waals surface area (Å²) in [4.78, 5) is 44.1. The van der Waals surface area contributed by atoms with E-state index in [2.05, 4.69) is 35.8 Å². The van der Waals surface area contributed by atoms with Crippen molar-refractivity contribution in [2.45, 2.75) is 25.2 Å². The molecule has 0 saturated carbocycles. The van der Waals surface area contributed by atoms with E-state index in [1.54, 1.807) is 36.5 Å². The van der Waals surface area contributed by atoms with E-state index in [0.29, 0.717) is 16.4 Å². The molecule has 1 aromatic carbocycles. The molecule has 5 aromatic rings. The number of pyridine rings is 1. The first-order valence-corrected chi connectivity index (χ1v) is 12.4. The lowest BCUT2D eigenvalue weighted by Crippen LogP contribution is -2.44. The first-order chi connectivity index (χ1) is 19.8. The van der Waals surface area contributed by atoms with Crippen molar-refractivity contribution in [1.82, 2.24) is 40.1 Å². The number of amides is 3. The van der Waals surface area contributed by atoms with Gasteiger partial charge in [0.1, 0.15) is 36.0 Å². The maximum absolute atomic E-state index is 14.5. The summed E-state index contributed by atoms with van der Waals surface area (Å²) in [7, 11) is 0. The fourth-order valence-electron chi connectivity index (χ4n) is 4.90. The van der Waals surface area contributed by atoms with Gasteiger partial charge in [0.2, 0.25) is 11.8 Å². The summed E-state index contributed by atoms with van der Waals surface area (Å²) in [5.74, 6) is -1.96. The Kier molecular flexibility index (Phi) is 6.27. The van der Waals surface area contributed by atoms with Gasteiger partial charge in [-0.2, -0.15) is 25.7 Å². The predicted molar refractivity (Wildman–Crippen MR) is 142 cm³/mol. The number of likely N-dealkylation sites (tertiary alicyclic amines) is 1. The zero-order chi connectivity index (χ0) is 28.7. The molecule has 4 N–H and O–H groups in total. The van der Waals surface area contributed by atoms with Crippen LogP contribution in [-0.2, 0) is 16.1 Å². The second-order valence-corrected chi connectivity index (χ2v) is 9.39. The topological polar surface area (TPSA) is 201 Å². The average Bonchev–Trinajstić information content (AvgIpc) is 3.68. The SMILES string of the molecule is N#Cc1ccc2[nH]nc(NC(=O)C3CC(F)CN3C(=O)Cn3nc(C(N)=O)c4cc(-c5ccnnc5)ccc43)c2n1. The number of hydrogen-bond acceptors (Lipinski definition) is 9. The van der Waals surface area contributed by atoms with E-state index < -0.39 is 29.9 Å². The van der Waals surface area contributed by atoms with Crippen molar-refractivity contribution in [3.63, 3.8) is 0 Å². The van der Waals surface area contributed by atoms with E-state index in [1.165, 1.54) is 16.9 Å². The number of primary amides is 1. The monoisotopic (exact) mass is 553 g/mol. The van der Waals surface area contributed by atoms with Gasteiger partial charge in [0.25, 0.3) is 5.91 Å². The number of aromatic nitrogens is 7. The predicted octanol–water partition coefficient (Wildman–Crippen LogP) is 1.31. The zero-order valence-electron chi connectivity index (χ0n) is 21.2. The van der Waals surface area contributed by atoms with Crippen LogP contribution >= 0.6 is 0 Å². The summed E-state index contributed by atoms with van der Waals surface area (Å²) in [5.41, 5.74) is 8.35. The van der Waals surface area contributed by atoms with Gasteiger partial charge in [-0.1, -0.05) is 6.07 Å². The molecule has 15 heteroatoms. The van der Waals surface area contributed by atoms with E-state index in [1.807, 2.05) is 6.07 Å². The largest absolute Gasteiger partial charge is 0.364 e. The van der Waals surface area contributed by atoms with E-state index >= 15 is 0 Å². The van der Waals surface area contributed by atoms with Gasteiger partial charge >= 0.3 is 0 Å². The average molecular weight is 554 g/mol. The molecular weight excluding hydrogens is 533 g/mol. The minimum Gasteiger partial charge on any atom is -0.364 e. The van der Waals surface area contributed by atoms with Crippen molar-refractivity contribution in [2.75, 3.05) is 11.9 Å². The number of halogens is 1. The normalized spacial score (nSPS) is 16.6. The van der Waals surface area contributed by atoms with Crippen molar-refractivity contribution in [2.24, 2.45) is 5.73 Å². The molecule has 5 heterocycles. The molecule has 14 nitrogen and oxygen atoms in total. The van der Waals surface area contributed by atoms with Crippen LogP contribution < -0.4 is 11.1 Å².